The number of aromatic nitrogens is 1. The summed E-state index contributed by atoms with van der Waals surface area (Å²) in [5, 5.41) is 4.52. The monoisotopic (exact) mass is 298 g/mol. The lowest BCUT2D eigenvalue weighted by Gasteiger charge is -2.18. The van der Waals surface area contributed by atoms with Crippen LogP contribution in [-0.2, 0) is 6.54 Å². The molecule has 0 amide bonds. The van der Waals surface area contributed by atoms with E-state index in [0.29, 0.717) is 28.2 Å². The molecule has 0 fully saturated rings. The molecular formula is C14H16Cl2N2O. The zero-order valence-corrected chi connectivity index (χ0v) is 12.6. The van der Waals surface area contributed by atoms with Crippen molar-refractivity contribution in [2.24, 2.45) is 0 Å². The quantitative estimate of drug-likeness (QED) is 0.904. The number of rotatable bonds is 3. The number of benzene rings is 1. The average Bonchev–Trinajstić information content (AvgIpc) is 2.77. The van der Waals surface area contributed by atoms with Gasteiger partial charge in [0.25, 0.3) is 0 Å². The van der Waals surface area contributed by atoms with Crippen molar-refractivity contribution in [2.45, 2.75) is 32.9 Å². The van der Waals surface area contributed by atoms with E-state index in [1.54, 1.807) is 24.4 Å². The fourth-order valence-electron chi connectivity index (χ4n) is 1.54. The SMILES string of the molecule is CC(C)(C)NCc1ncc(-c2cc(Cl)ccc2Cl)o1. The molecule has 19 heavy (non-hydrogen) atoms. The predicted octanol–water partition coefficient (Wildman–Crippen LogP) is 4.54. The second-order valence-electron chi connectivity index (χ2n) is 5.35. The zero-order valence-electron chi connectivity index (χ0n) is 11.1. The molecule has 0 atom stereocenters. The Bertz CT molecular complexity index is 573. The summed E-state index contributed by atoms with van der Waals surface area (Å²) in [5.41, 5.74) is 0.770. The molecule has 0 unspecified atom stereocenters. The molecule has 3 nitrogen and oxygen atoms in total. The van der Waals surface area contributed by atoms with Crippen molar-refractivity contribution in [2.75, 3.05) is 0 Å². The molecule has 0 aliphatic rings. The Hall–Kier alpha value is -1.03. The van der Waals surface area contributed by atoms with E-state index in [1.165, 1.54) is 0 Å². The van der Waals surface area contributed by atoms with Gasteiger partial charge in [-0.1, -0.05) is 23.2 Å². The van der Waals surface area contributed by atoms with Crippen LogP contribution in [0.1, 0.15) is 26.7 Å². The minimum atomic E-state index is 0.0162. The first-order valence-electron chi connectivity index (χ1n) is 6.00. The minimum absolute atomic E-state index is 0.0162. The van der Waals surface area contributed by atoms with Crippen molar-refractivity contribution in [3.63, 3.8) is 0 Å². The van der Waals surface area contributed by atoms with E-state index >= 15 is 0 Å². The van der Waals surface area contributed by atoms with Gasteiger partial charge in [-0.2, -0.15) is 0 Å². The Morgan fingerprint density at radius 1 is 1.26 bits per heavy atom. The molecule has 0 spiro atoms. The molecule has 0 bridgehead atoms. The highest BCUT2D eigenvalue weighted by Crippen LogP contribution is 2.30. The number of nitrogens with zero attached hydrogens (tertiary/aromatic N) is 1. The van der Waals surface area contributed by atoms with Crippen LogP contribution in [-0.4, -0.2) is 10.5 Å². The Labute approximate surface area is 122 Å². The smallest absolute Gasteiger partial charge is 0.208 e. The van der Waals surface area contributed by atoms with Gasteiger partial charge in [0.2, 0.25) is 5.89 Å². The molecule has 0 radical (unpaired) electrons. The first-order valence-corrected chi connectivity index (χ1v) is 6.76. The highest BCUT2D eigenvalue weighted by molar-refractivity contribution is 6.35. The first-order chi connectivity index (χ1) is 8.85. The Morgan fingerprint density at radius 2 is 2.00 bits per heavy atom. The molecule has 1 heterocycles. The molecule has 2 aromatic rings. The van der Waals surface area contributed by atoms with E-state index in [1.807, 2.05) is 0 Å². The van der Waals surface area contributed by atoms with E-state index in [-0.39, 0.29) is 5.54 Å². The maximum Gasteiger partial charge on any atom is 0.208 e. The molecule has 1 N–H and O–H groups in total. The molecular weight excluding hydrogens is 283 g/mol. The van der Waals surface area contributed by atoms with Crippen LogP contribution >= 0.6 is 23.2 Å². The topological polar surface area (TPSA) is 38.1 Å². The van der Waals surface area contributed by atoms with Crippen molar-refractivity contribution in [3.8, 4) is 11.3 Å². The van der Waals surface area contributed by atoms with Crippen LogP contribution < -0.4 is 5.32 Å². The normalized spacial score (nSPS) is 11.8. The van der Waals surface area contributed by atoms with Gasteiger partial charge in [0.15, 0.2) is 5.76 Å². The average molecular weight is 299 g/mol. The van der Waals surface area contributed by atoms with E-state index in [9.17, 15) is 0 Å². The zero-order chi connectivity index (χ0) is 14.0. The molecule has 5 heteroatoms. The summed E-state index contributed by atoms with van der Waals surface area (Å²) < 4.78 is 5.68. The van der Waals surface area contributed by atoms with Gasteiger partial charge < -0.3 is 9.73 Å². The number of hydrogen-bond donors (Lipinski definition) is 1. The number of hydrogen-bond acceptors (Lipinski definition) is 3. The predicted molar refractivity (Wildman–Crippen MR) is 78.6 cm³/mol. The largest absolute Gasteiger partial charge is 0.439 e. The fraction of sp³-hybridized carbons (Fsp3) is 0.357. The Morgan fingerprint density at radius 3 is 2.68 bits per heavy atom. The van der Waals surface area contributed by atoms with Gasteiger partial charge in [-0.05, 0) is 39.0 Å². The molecule has 2 rings (SSSR count). The molecule has 0 saturated heterocycles. The third-order valence-corrected chi connectivity index (χ3v) is 3.08. The molecule has 1 aromatic heterocycles. The molecule has 0 aliphatic heterocycles. The third kappa shape index (κ3) is 3.96. The first kappa shape index (κ1) is 14.4. The summed E-state index contributed by atoms with van der Waals surface area (Å²) in [7, 11) is 0. The molecule has 1 aromatic carbocycles. The van der Waals surface area contributed by atoms with E-state index < -0.39 is 0 Å². The standard InChI is InChI=1S/C14H16Cl2N2O/c1-14(2,3)18-8-13-17-7-12(19-13)10-6-9(15)4-5-11(10)16/h4-7,18H,8H2,1-3H3. The maximum absolute atomic E-state index is 6.13. The maximum atomic E-state index is 6.13. The number of nitrogens with one attached hydrogen (secondary N) is 1. The highest BCUT2D eigenvalue weighted by atomic mass is 35.5. The Kier molecular flexibility index (Phi) is 4.19. The van der Waals surface area contributed by atoms with Crippen molar-refractivity contribution >= 4 is 23.2 Å². The third-order valence-electron chi connectivity index (χ3n) is 2.52. The van der Waals surface area contributed by atoms with Crippen LogP contribution in [0.25, 0.3) is 11.3 Å². The van der Waals surface area contributed by atoms with Gasteiger partial charge in [0.05, 0.1) is 17.8 Å². The lowest BCUT2D eigenvalue weighted by atomic mass is 10.1. The van der Waals surface area contributed by atoms with Crippen LogP contribution in [0.3, 0.4) is 0 Å². The van der Waals surface area contributed by atoms with Crippen molar-refractivity contribution in [1.29, 1.82) is 0 Å². The minimum Gasteiger partial charge on any atom is -0.439 e. The van der Waals surface area contributed by atoms with Gasteiger partial charge in [0.1, 0.15) is 0 Å². The summed E-state index contributed by atoms with van der Waals surface area (Å²) in [4.78, 5) is 4.24. The van der Waals surface area contributed by atoms with Gasteiger partial charge >= 0.3 is 0 Å². The summed E-state index contributed by atoms with van der Waals surface area (Å²) in [5.74, 6) is 1.25. The Balaban J connectivity index is 2.19. The van der Waals surface area contributed by atoms with Crippen LogP contribution in [0.2, 0.25) is 10.0 Å². The van der Waals surface area contributed by atoms with Gasteiger partial charge in [-0.25, -0.2) is 4.98 Å². The number of halogens is 2. The fourth-order valence-corrected chi connectivity index (χ4v) is 1.93. The van der Waals surface area contributed by atoms with Gasteiger partial charge in [0, 0.05) is 16.1 Å². The molecule has 0 saturated carbocycles. The van der Waals surface area contributed by atoms with Gasteiger partial charge in [-0.3, -0.25) is 0 Å². The van der Waals surface area contributed by atoms with Crippen molar-refractivity contribution in [3.05, 3.63) is 40.3 Å². The second-order valence-corrected chi connectivity index (χ2v) is 6.19. The van der Waals surface area contributed by atoms with Crippen LogP contribution in [0, 0.1) is 0 Å². The molecule has 0 aliphatic carbocycles. The summed E-state index contributed by atoms with van der Waals surface area (Å²) in [6.07, 6.45) is 1.66. The van der Waals surface area contributed by atoms with Crippen LogP contribution in [0.4, 0.5) is 0 Å². The van der Waals surface area contributed by atoms with Crippen LogP contribution in [0.5, 0.6) is 0 Å². The summed E-state index contributed by atoms with van der Waals surface area (Å²) in [6, 6.07) is 5.26. The van der Waals surface area contributed by atoms with Gasteiger partial charge in [-0.15, -0.1) is 0 Å². The van der Waals surface area contributed by atoms with Crippen LogP contribution in [0.15, 0.2) is 28.8 Å². The van der Waals surface area contributed by atoms with E-state index in [2.05, 4.69) is 31.1 Å². The van der Waals surface area contributed by atoms with E-state index in [0.717, 1.165) is 5.56 Å². The molecule has 102 valence electrons. The number of oxazole rings is 1. The highest BCUT2D eigenvalue weighted by Gasteiger charge is 2.13. The summed E-state index contributed by atoms with van der Waals surface area (Å²) >= 11 is 12.1. The lowest BCUT2D eigenvalue weighted by Crippen LogP contribution is -2.35. The second kappa shape index (κ2) is 5.53. The lowest BCUT2D eigenvalue weighted by molar-refractivity contribution is 0.383. The van der Waals surface area contributed by atoms with Crippen molar-refractivity contribution < 1.29 is 4.42 Å². The summed E-state index contributed by atoms with van der Waals surface area (Å²) in [6.45, 7) is 6.84. The van der Waals surface area contributed by atoms with E-state index in [4.69, 9.17) is 27.6 Å². The van der Waals surface area contributed by atoms with Crippen molar-refractivity contribution in [1.82, 2.24) is 10.3 Å².